The molecule has 1 aliphatic rings. The fraction of sp³-hybridized carbons (Fsp3) is 0.190. The molecule has 7 nitrogen and oxygen atoms in total. The number of pyridine rings is 1. The number of nitrogens with zero attached hydrogens (tertiary/aromatic N) is 7. The van der Waals surface area contributed by atoms with Crippen molar-refractivity contribution in [3.63, 3.8) is 0 Å². The van der Waals surface area contributed by atoms with Crippen LogP contribution >= 0.6 is 11.3 Å². The molecule has 0 atom stereocenters. The van der Waals surface area contributed by atoms with Crippen LogP contribution in [0.15, 0.2) is 55.4 Å². The Labute approximate surface area is 170 Å². The van der Waals surface area contributed by atoms with E-state index in [0.29, 0.717) is 0 Å². The number of rotatable bonds is 3. The largest absolute Gasteiger partial charge is 0.306 e. The van der Waals surface area contributed by atoms with Crippen LogP contribution in [0.4, 0.5) is 0 Å². The quantitative estimate of drug-likeness (QED) is 0.459. The third kappa shape index (κ3) is 2.75. The zero-order chi connectivity index (χ0) is 19.2. The molecule has 6 rings (SSSR count). The Morgan fingerprint density at radius 2 is 1.83 bits per heavy atom. The fourth-order valence-corrected chi connectivity index (χ4v) is 4.96. The van der Waals surface area contributed by atoms with Gasteiger partial charge in [0.15, 0.2) is 5.82 Å². The van der Waals surface area contributed by atoms with Gasteiger partial charge in [-0.05, 0) is 55.5 Å². The van der Waals surface area contributed by atoms with Crippen molar-refractivity contribution >= 4 is 17.0 Å². The first-order chi connectivity index (χ1) is 14.4. The van der Waals surface area contributed by atoms with Crippen LogP contribution in [0.2, 0.25) is 0 Å². The molecular weight excluding hydrogens is 382 g/mol. The van der Waals surface area contributed by atoms with Crippen molar-refractivity contribution in [2.75, 3.05) is 0 Å². The number of thiophene rings is 1. The highest BCUT2D eigenvalue weighted by Gasteiger charge is 2.23. The molecule has 5 heterocycles. The summed E-state index contributed by atoms with van der Waals surface area (Å²) in [6.07, 6.45) is 11.7. The van der Waals surface area contributed by atoms with E-state index in [1.54, 1.807) is 22.3 Å². The molecular formula is C21H17N7S. The van der Waals surface area contributed by atoms with E-state index in [1.807, 2.05) is 28.8 Å². The first kappa shape index (κ1) is 16.6. The van der Waals surface area contributed by atoms with Crippen molar-refractivity contribution in [3.8, 4) is 27.0 Å². The Hall–Kier alpha value is -3.39. The van der Waals surface area contributed by atoms with Crippen LogP contribution in [-0.2, 0) is 12.8 Å². The minimum atomic E-state index is 0.804. The van der Waals surface area contributed by atoms with Gasteiger partial charge in [-0.2, -0.15) is 5.10 Å². The van der Waals surface area contributed by atoms with Crippen molar-refractivity contribution < 1.29 is 0 Å². The molecule has 8 heteroatoms. The molecule has 142 valence electrons. The molecule has 0 aliphatic heterocycles. The molecule has 0 unspecified atom stereocenters. The lowest BCUT2D eigenvalue weighted by atomic mass is 9.91. The van der Waals surface area contributed by atoms with E-state index >= 15 is 0 Å². The van der Waals surface area contributed by atoms with Crippen LogP contribution < -0.4 is 0 Å². The number of hydrogen-bond donors (Lipinski definition) is 0. The minimum absolute atomic E-state index is 0.804. The number of aromatic nitrogens is 7. The first-order valence-electron chi connectivity index (χ1n) is 9.64. The monoisotopic (exact) mass is 399 g/mol. The summed E-state index contributed by atoms with van der Waals surface area (Å²) in [4.78, 5) is 11.1. The lowest BCUT2D eigenvalue weighted by molar-refractivity contribution is 0.660. The molecule has 29 heavy (non-hydrogen) atoms. The molecule has 5 aromatic heterocycles. The van der Waals surface area contributed by atoms with E-state index < -0.39 is 0 Å². The molecule has 0 spiro atoms. The molecule has 0 amide bonds. The number of imidazole rings is 1. The van der Waals surface area contributed by atoms with Crippen molar-refractivity contribution in [2.24, 2.45) is 0 Å². The average molecular weight is 399 g/mol. The predicted octanol–water partition coefficient (Wildman–Crippen LogP) is 3.98. The fourth-order valence-electron chi connectivity index (χ4n) is 3.99. The smallest absolute Gasteiger partial charge is 0.180 e. The van der Waals surface area contributed by atoms with Gasteiger partial charge in [0.1, 0.15) is 24.0 Å². The van der Waals surface area contributed by atoms with Gasteiger partial charge >= 0.3 is 0 Å². The van der Waals surface area contributed by atoms with Gasteiger partial charge in [-0.15, -0.1) is 21.5 Å². The molecule has 0 N–H and O–H groups in total. The third-order valence-corrected chi connectivity index (χ3v) is 6.47. The number of fused-ring (bicyclic) bond motifs is 2. The van der Waals surface area contributed by atoms with Crippen molar-refractivity contribution in [3.05, 3.63) is 66.5 Å². The highest BCUT2D eigenvalue weighted by Crippen LogP contribution is 2.38. The van der Waals surface area contributed by atoms with Crippen LogP contribution in [0.1, 0.15) is 24.0 Å². The lowest BCUT2D eigenvalue weighted by Gasteiger charge is -2.20. The molecule has 0 saturated carbocycles. The second kappa shape index (κ2) is 6.59. The lowest BCUT2D eigenvalue weighted by Crippen LogP contribution is -2.14. The predicted molar refractivity (Wildman–Crippen MR) is 111 cm³/mol. The zero-order valence-corrected chi connectivity index (χ0v) is 16.4. The van der Waals surface area contributed by atoms with E-state index in [4.69, 9.17) is 4.98 Å². The van der Waals surface area contributed by atoms with Gasteiger partial charge in [0.2, 0.25) is 0 Å². The Morgan fingerprint density at radius 1 is 0.931 bits per heavy atom. The van der Waals surface area contributed by atoms with Gasteiger partial charge in [0, 0.05) is 18.0 Å². The minimum Gasteiger partial charge on any atom is -0.306 e. The van der Waals surface area contributed by atoms with Crippen molar-refractivity contribution in [2.45, 2.75) is 25.7 Å². The van der Waals surface area contributed by atoms with Crippen molar-refractivity contribution in [1.82, 2.24) is 34.3 Å². The molecule has 1 aliphatic carbocycles. The van der Waals surface area contributed by atoms with E-state index in [2.05, 4.69) is 38.6 Å². The van der Waals surface area contributed by atoms with E-state index in [9.17, 15) is 0 Å². The summed E-state index contributed by atoms with van der Waals surface area (Å²) in [7, 11) is 0. The Morgan fingerprint density at radius 3 is 2.69 bits per heavy atom. The van der Waals surface area contributed by atoms with Crippen molar-refractivity contribution in [1.29, 1.82) is 0 Å². The second-order valence-corrected chi connectivity index (χ2v) is 8.22. The van der Waals surface area contributed by atoms with Crippen LogP contribution in [0.3, 0.4) is 0 Å². The highest BCUT2D eigenvalue weighted by molar-refractivity contribution is 7.18. The van der Waals surface area contributed by atoms with E-state index in [-0.39, 0.29) is 0 Å². The first-order valence-corrected chi connectivity index (χ1v) is 10.5. The Balaban J connectivity index is 1.44. The summed E-state index contributed by atoms with van der Waals surface area (Å²) < 4.78 is 3.76. The van der Waals surface area contributed by atoms with E-state index in [0.717, 1.165) is 51.9 Å². The van der Waals surface area contributed by atoms with Crippen LogP contribution in [0, 0.1) is 0 Å². The molecule has 0 saturated heterocycles. The maximum absolute atomic E-state index is 4.74. The van der Waals surface area contributed by atoms with E-state index in [1.165, 1.54) is 23.9 Å². The molecule has 0 fully saturated rings. The van der Waals surface area contributed by atoms with Gasteiger partial charge in [0.05, 0.1) is 15.4 Å². The van der Waals surface area contributed by atoms with Gasteiger partial charge in [0.25, 0.3) is 0 Å². The standard InChI is InChI=1S/C21H17N7S/c1-2-6-15-14(5-1)20(25-26-21(15)28-13-22-12-23-28)18-9-8-17(29-18)16-11-27-10-4-3-7-19(27)24-16/h3-4,7-13H,1-2,5-6H2. The topological polar surface area (TPSA) is 73.8 Å². The summed E-state index contributed by atoms with van der Waals surface area (Å²) in [5.41, 5.74) is 5.46. The average Bonchev–Trinajstić information content (AvgIpc) is 3.53. The molecule has 0 aromatic carbocycles. The summed E-state index contributed by atoms with van der Waals surface area (Å²) in [5, 5.41) is 13.4. The maximum Gasteiger partial charge on any atom is 0.180 e. The second-order valence-electron chi connectivity index (χ2n) is 7.13. The summed E-state index contributed by atoms with van der Waals surface area (Å²) in [6, 6.07) is 10.3. The molecule has 5 aromatic rings. The summed E-state index contributed by atoms with van der Waals surface area (Å²) in [6.45, 7) is 0. The summed E-state index contributed by atoms with van der Waals surface area (Å²) >= 11 is 1.72. The molecule has 0 bridgehead atoms. The maximum atomic E-state index is 4.74. The van der Waals surface area contributed by atoms with Gasteiger partial charge in [-0.25, -0.2) is 14.6 Å². The van der Waals surface area contributed by atoms with Crippen LogP contribution in [0.5, 0.6) is 0 Å². The van der Waals surface area contributed by atoms with Gasteiger partial charge in [-0.3, -0.25) is 0 Å². The van der Waals surface area contributed by atoms with Gasteiger partial charge < -0.3 is 4.40 Å². The normalized spacial score (nSPS) is 13.7. The Bertz CT molecular complexity index is 1280. The van der Waals surface area contributed by atoms with Crippen LogP contribution in [0.25, 0.3) is 32.6 Å². The van der Waals surface area contributed by atoms with Gasteiger partial charge in [-0.1, -0.05) is 6.07 Å². The summed E-state index contributed by atoms with van der Waals surface area (Å²) in [5.74, 6) is 0.804. The highest BCUT2D eigenvalue weighted by atomic mass is 32.1. The Kier molecular flexibility index (Phi) is 3.76. The number of hydrogen-bond acceptors (Lipinski definition) is 6. The molecule has 0 radical (unpaired) electrons. The third-order valence-electron chi connectivity index (χ3n) is 5.36. The SMILES string of the molecule is c1ccn2cc(-c3ccc(-c4nnc(-n5cncn5)c5c4CCCC5)s3)nc2c1. The zero-order valence-electron chi connectivity index (χ0n) is 15.6. The van der Waals surface area contributed by atoms with Crippen LogP contribution in [-0.4, -0.2) is 34.3 Å².